The van der Waals surface area contributed by atoms with E-state index in [9.17, 15) is 0 Å². The first-order valence-corrected chi connectivity index (χ1v) is 6.58. The van der Waals surface area contributed by atoms with Crippen LogP contribution in [0, 0.1) is 11.8 Å². The van der Waals surface area contributed by atoms with Gasteiger partial charge in [0.05, 0.1) is 6.10 Å². The van der Waals surface area contributed by atoms with Crippen LogP contribution in [0.4, 0.5) is 0 Å². The summed E-state index contributed by atoms with van der Waals surface area (Å²) in [6.07, 6.45) is 5.37. The lowest BCUT2D eigenvalue weighted by Crippen LogP contribution is -2.58. The second-order valence-electron chi connectivity index (χ2n) is 6.19. The molecular weight excluding hydrogens is 202 g/mol. The molecule has 0 aromatic carbocycles. The minimum absolute atomic E-state index is 0.0151. The molecule has 0 unspecified atom stereocenters. The summed E-state index contributed by atoms with van der Waals surface area (Å²) in [5, 5.41) is 3.25. The monoisotopic (exact) mass is 225 g/mol. The molecule has 1 saturated heterocycles. The number of hydrogen-bond donors (Lipinski definition) is 1. The minimum atomic E-state index is -0.379. The predicted molar refractivity (Wildman–Crippen MR) is 62.1 cm³/mol. The molecule has 3 heteroatoms. The van der Waals surface area contributed by atoms with Crippen molar-refractivity contribution in [3.05, 3.63) is 0 Å². The highest BCUT2D eigenvalue weighted by molar-refractivity contribution is 5.10. The molecule has 1 aliphatic heterocycles. The summed E-state index contributed by atoms with van der Waals surface area (Å²) < 4.78 is 12.4. The maximum absolute atomic E-state index is 6.33. The maximum atomic E-state index is 6.33. The molecule has 0 spiro atoms. The van der Waals surface area contributed by atoms with Crippen LogP contribution in [0.25, 0.3) is 0 Å². The molecule has 0 amide bonds. The first kappa shape index (κ1) is 11.0. The lowest BCUT2D eigenvalue weighted by molar-refractivity contribution is -0.187. The molecule has 4 fully saturated rings. The summed E-state index contributed by atoms with van der Waals surface area (Å²) in [5.41, 5.74) is 0.0151. The Hall–Kier alpha value is -0.120. The van der Waals surface area contributed by atoms with Crippen LogP contribution in [0.3, 0.4) is 0 Å². The normalized spacial score (nSPS) is 48.6. The van der Waals surface area contributed by atoms with Crippen molar-refractivity contribution in [1.29, 1.82) is 0 Å². The Kier molecular flexibility index (Phi) is 2.36. The van der Waals surface area contributed by atoms with Gasteiger partial charge in [-0.15, -0.1) is 0 Å². The molecular formula is C13H23NO2. The SMILES string of the molecule is CNCC[C@]12OC(C)(C)O[C@H]1CC1CC2C1. The first-order chi connectivity index (χ1) is 7.56. The Labute approximate surface area is 97.9 Å². The third-order valence-electron chi connectivity index (χ3n) is 4.65. The highest BCUT2D eigenvalue weighted by atomic mass is 16.8. The van der Waals surface area contributed by atoms with Crippen LogP contribution in [-0.4, -0.2) is 31.1 Å². The van der Waals surface area contributed by atoms with Crippen molar-refractivity contribution in [3.8, 4) is 0 Å². The largest absolute Gasteiger partial charge is 0.344 e. The van der Waals surface area contributed by atoms with Crippen molar-refractivity contribution < 1.29 is 9.47 Å². The second kappa shape index (κ2) is 3.44. The van der Waals surface area contributed by atoms with E-state index >= 15 is 0 Å². The van der Waals surface area contributed by atoms with Crippen molar-refractivity contribution in [2.45, 2.75) is 57.0 Å². The zero-order chi connectivity index (χ0) is 11.4. The number of nitrogens with one attached hydrogen (secondary N) is 1. The van der Waals surface area contributed by atoms with Crippen LogP contribution in [-0.2, 0) is 9.47 Å². The predicted octanol–water partition coefficient (Wildman–Crippen LogP) is 1.92. The molecule has 0 aromatic heterocycles. The summed E-state index contributed by atoms with van der Waals surface area (Å²) in [6, 6.07) is 0. The van der Waals surface area contributed by atoms with Gasteiger partial charge in [-0.2, -0.15) is 0 Å². The van der Waals surface area contributed by atoms with Gasteiger partial charge in [0.1, 0.15) is 5.60 Å². The van der Waals surface area contributed by atoms with Crippen molar-refractivity contribution in [3.63, 3.8) is 0 Å². The zero-order valence-corrected chi connectivity index (χ0v) is 10.6. The van der Waals surface area contributed by atoms with Gasteiger partial charge in [-0.25, -0.2) is 0 Å². The quantitative estimate of drug-likeness (QED) is 0.796. The molecule has 4 rings (SSSR count). The highest BCUT2D eigenvalue weighted by Crippen LogP contribution is 2.59. The van der Waals surface area contributed by atoms with E-state index in [2.05, 4.69) is 19.2 Å². The van der Waals surface area contributed by atoms with E-state index in [0.29, 0.717) is 6.10 Å². The van der Waals surface area contributed by atoms with E-state index in [1.54, 1.807) is 0 Å². The Bertz CT molecular complexity index is 286. The van der Waals surface area contributed by atoms with E-state index in [1.807, 2.05) is 7.05 Å². The molecule has 2 bridgehead atoms. The third kappa shape index (κ3) is 1.45. The van der Waals surface area contributed by atoms with Gasteiger partial charge in [-0.3, -0.25) is 0 Å². The second-order valence-corrected chi connectivity index (χ2v) is 6.19. The van der Waals surface area contributed by atoms with E-state index in [1.165, 1.54) is 19.3 Å². The molecule has 0 radical (unpaired) electrons. The molecule has 1 heterocycles. The molecule has 2 atom stereocenters. The van der Waals surface area contributed by atoms with Gasteiger partial charge >= 0.3 is 0 Å². The average molecular weight is 225 g/mol. The van der Waals surface area contributed by atoms with E-state index < -0.39 is 0 Å². The van der Waals surface area contributed by atoms with Gasteiger partial charge in [0, 0.05) is 0 Å². The lowest BCUT2D eigenvalue weighted by atomic mass is 9.55. The third-order valence-corrected chi connectivity index (χ3v) is 4.65. The molecule has 1 N–H and O–H groups in total. The fourth-order valence-corrected chi connectivity index (χ4v) is 3.95. The Morgan fingerprint density at radius 2 is 2.00 bits per heavy atom. The number of rotatable bonds is 3. The maximum Gasteiger partial charge on any atom is 0.164 e. The van der Waals surface area contributed by atoms with Crippen LogP contribution in [0.2, 0.25) is 0 Å². The summed E-state index contributed by atoms with van der Waals surface area (Å²) in [5.74, 6) is 1.28. The Balaban J connectivity index is 1.84. The van der Waals surface area contributed by atoms with Crippen molar-refractivity contribution >= 4 is 0 Å². The van der Waals surface area contributed by atoms with Gasteiger partial charge in [0.15, 0.2) is 5.79 Å². The Morgan fingerprint density at radius 1 is 1.25 bits per heavy atom. The summed E-state index contributed by atoms with van der Waals surface area (Å²) in [6.45, 7) is 5.14. The summed E-state index contributed by atoms with van der Waals surface area (Å²) >= 11 is 0. The van der Waals surface area contributed by atoms with Crippen LogP contribution in [0.1, 0.15) is 39.5 Å². The van der Waals surface area contributed by atoms with Crippen LogP contribution in [0.15, 0.2) is 0 Å². The van der Waals surface area contributed by atoms with Gasteiger partial charge < -0.3 is 14.8 Å². The minimum Gasteiger partial charge on any atom is -0.344 e. The van der Waals surface area contributed by atoms with Crippen molar-refractivity contribution in [1.82, 2.24) is 5.32 Å². The summed E-state index contributed by atoms with van der Waals surface area (Å²) in [7, 11) is 2.01. The van der Waals surface area contributed by atoms with E-state index in [0.717, 1.165) is 24.8 Å². The fraction of sp³-hybridized carbons (Fsp3) is 1.00. The fourth-order valence-electron chi connectivity index (χ4n) is 3.95. The van der Waals surface area contributed by atoms with E-state index in [4.69, 9.17) is 9.47 Å². The molecule has 16 heavy (non-hydrogen) atoms. The highest BCUT2D eigenvalue weighted by Gasteiger charge is 2.63. The first-order valence-electron chi connectivity index (χ1n) is 6.58. The smallest absolute Gasteiger partial charge is 0.164 e. The molecule has 3 saturated carbocycles. The van der Waals surface area contributed by atoms with Crippen LogP contribution in [0.5, 0.6) is 0 Å². The zero-order valence-electron chi connectivity index (χ0n) is 10.6. The van der Waals surface area contributed by atoms with Gasteiger partial charge in [-0.05, 0) is 65.0 Å². The molecule has 0 aromatic rings. The lowest BCUT2D eigenvalue weighted by Gasteiger charge is -2.54. The number of ether oxygens (including phenoxy) is 2. The Morgan fingerprint density at radius 3 is 2.69 bits per heavy atom. The van der Waals surface area contributed by atoms with Gasteiger partial charge in [0.25, 0.3) is 0 Å². The average Bonchev–Trinajstić information content (AvgIpc) is 2.43. The molecule has 3 aliphatic carbocycles. The summed E-state index contributed by atoms with van der Waals surface area (Å²) in [4.78, 5) is 0. The topological polar surface area (TPSA) is 30.5 Å². The van der Waals surface area contributed by atoms with E-state index in [-0.39, 0.29) is 11.4 Å². The molecule has 3 nitrogen and oxygen atoms in total. The van der Waals surface area contributed by atoms with Crippen LogP contribution >= 0.6 is 0 Å². The molecule has 92 valence electrons. The standard InChI is InChI=1S/C13H23NO2/c1-12(2)15-11-8-9-6-10(7-9)13(11,16-12)4-5-14-3/h9-11,14H,4-8H2,1-3H3/t9?,10?,11-,13+/m0/s1. The van der Waals surface area contributed by atoms with Crippen molar-refractivity contribution in [2.75, 3.05) is 13.6 Å². The van der Waals surface area contributed by atoms with Gasteiger partial charge in [-0.1, -0.05) is 0 Å². The number of hydrogen-bond acceptors (Lipinski definition) is 3. The van der Waals surface area contributed by atoms with Crippen molar-refractivity contribution in [2.24, 2.45) is 11.8 Å². The van der Waals surface area contributed by atoms with Gasteiger partial charge in [0.2, 0.25) is 0 Å². The van der Waals surface area contributed by atoms with Crippen LogP contribution < -0.4 is 5.32 Å². The molecule has 4 aliphatic rings.